The molecule has 4 nitrogen and oxygen atoms in total. The van der Waals surface area contributed by atoms with E-state index in [0.717, 1.165) is 44.6 Å². The van der Waals surface area contributed by atoms with E-state index in [1.54, 1.807) is 16.7 Å². The zero-order chi connectivity index (χ0) is 14.4. The Bertz CT molecular complexity index is 598. The van der Waals surface area contributed by atoms with Crippen LogP contribution in [0.5, 0.6) is 0 Å². The molecule has 0 amide bonds. The van der Waals surface area contributed by atoms with Crippen molar-refractivity contribution < 1.29 is 0 Å². The third-order valence-electron chi connectivity index (χ3n) is 3.44. The van der Waals surface area contributed by atoms with E-state index >= 15 is 0 Å². The molecule has 0 aromatic carbocycles. The van der Waals surface area contributed by atoms with Crippen LogP contribution in [0, 0.1) is 0 Å². The van der Waals surface area contributed by atoms with Crippen molar-refractivity contribution in [2.45, 2.75) is 39.5 Å². The lowest BCUT2D eigenvalue weighted by Gasteiger charge is -2.23. The van der Waals surface area contributed by atoms with Gasteiger partial charge in [-0.25, -0.2) is 4.98 Å². The summed E-state index contributed by atoms with van der Waals surface area (Å²) in [6.07, 6.45) is 6.31. The van der Waals surface area contributed by atoms with Crippen LogP contribution in [-0.4, -0.2) is 22.5 Å². The highest BCUT2D eigenvalue weighted by molar-refractivity contribution is 5.47. The molecule has 0 unspecified atom stereocenters. The Morgan fingerprint density at radius 3 is 2.50 bits per heavy atom. The quantitative estimate of drug-likeness (QED) is 0.778. The van der Waals surface area contributed by atoms with Crippen molar-refractivity contribution in [2.75, 3.05) is 18.0 Å². The van der Waals surface area contributed by atoms with Crippen LogP contribution in [-0.2, 0) is 0 Å². The van der Waals surface area contributed by atoms with Gasteiger partial charge < -0.3 is 4.90 Å². The van der Waals surface area contributed by atoms with Gasteiger partial charge in [0.2, 0.25) is 0 Å². The van der Waals surface area contributed by atoms with E-state index in [1.807, 2.05) is 18.2 Å². The van der Waals surface area contributed by atoms with Crippen molar-refractivity contribution in [3.8, 4) is 0 Å². The molecular formula is C16H23N3O. The number of rotatable bonds is 7. The van der Waals surface area contributed by atoms with Gasteiger partial charge in [-0.1, -0.05) is 32.8 Å². The summed E-state index contributed by atoms with van der Waals surface area (Å²) in [6.45, 7) is 6.29. The summed E-state index contributed by atoms with van der Waals surface area (Å²) >= 11 is 0. The highest BCUT2D eigenvalue weighted by atomic mass is 16.1. The van der Waals surface area contributed by atoms with E-state index in [1.165, 1.54) is 0 Å². The predicted octanol–water partition coefficient (Wildman–Crippen LogP) is 3.10. The molecule has 0 N–H and O–H groups in total. The van der Waals surface area contributed by atoms with Crippen LogP contribution in [0.25, 0.3) is 5.65 Å². The minimum atomic E-state index is -0.0106. The van der Waals surface area contributed by atoms with Gasteiger partial charge in [-0.3, -0.25) is 9.20 Å². The SMILES string of the molecule is CCCCN(CCCC)c1cc(=O)n2ccccc2n1. The normalized spacial score (nSPS) is 10.9. The van der Waals surface area contributed by atoms with Crippen molar-refractivity contribution >= 4 is 11.5 Å². The van der Waals surface area contributed by atoms with Gasteiger partial charge in [0.05, 0.1) is 0 Å². The maximum Gasteiger partial charge on any atom is 0.259 e. The molecule has 20 heavy (non-hydrogen) atoms. The van der Waals surface area contributed by atoms with Crippen molar-refractivity contribution in [1.82, 2.24) is 9.38 Å². The molecule has 2 aromatic rings. The number of nitrogens with zero attached hydrogens (tertiary/aromatic N) is 3. The second-order valence-electron chi connectivity index (χ2n) is 5.08. The van der Waals surface area contributed by atoms with Gasteiger partial charge in [0.15, 0.2) is 0 Å². The van der Waals surface area contributed by atoms with Crippen LogP contribution in [0.4, 0.5) is 5.82 Å². The predicted molar refractivity (Wildman–Crippen MR) is 83.5 cm³/mol. The molecule has 0 radical (unpaired) electrons. The number of aromatic nitrogens is 2. The second kappa shape index (κ2) is 7.08. The molecule has 0 aliphatic carbocycles. The number of hydrogen-bond acceptors (Lipinski definition) is 3. The third kappa shape index (κ3) is 3.38. The van der Waals surface area contributed by atoms with Gasteiger partial charge in [-0.15, -0.1) is 0 Å². The lowest BCUT2D eigenvalue weighted by molar-refractivity contribution is 0.670. The van der Waals surface area contributed by atoms with E-state index in [-0.39, 0.29) is 5.56 Å². The lowest BCUT2D eigenvalue weighted by atomic mass is 10.2. The molecule has 0 saturated heterocycles. The summed E-state index contributed by atoms with van der Waals surface area (Å²) in [6, 6.07) is 7.29. The van der Waals surface area contributed by atoms with E-state index < -0.39 is 0 Å². The molecule has 4 heteroatoms. The standard InChI is InChI=1S/C16H23N3O/c1-3-5-10-18(11-6-4-2)15-13-16(20)19-12-8-7-9-14(19)17-15/h7-9,12-13H,3-6,10-11H2,1-2H3. The number of pyridine rings is 1. The minimum Gasteiger partial charge on any atom is -0.356 e. The fourth-order valence-corrected chi connectivity index (χ4v) is 2.24. The van der Waals surface area contributed by atoms with Crippen LogP contribution in [0.3, 0.4) is 0 Å². The van der Waals surface area contributed by atoms with Gasteiger partial charge in [0.25, 0.3) is 5.56 Å². The Morgan fingerprint density at radius 2 is 1.85 bits per heavy atom. The molecule has 2 aromatic heterocycles. The van der Waals surface area contributed by atoms with E-state index in [0.29, 0.717) is 5.65 Å². The van der Waals surface area contributed by atoms with Gasteiger partial charge in [-0.2, -0.15) is 0 Å². The van der Waals surface area contributed by atoms with Crippen LogP contribution in [0.15, 0.2) is 35.3 Å². The average Bonchev–Trinajstić information content (AvgIpc) is 2.47. The second-order valence-corrected chi connectivity index (χ2v) is 5.08. The molecule has 0 atom stereocenters. The molecule has 0 aliphatic rings. The fraction of sp³-hybridized carbons (Fsp3) is 0.500. The van der Waals surface area contributed by atoms with Crippen LogP contribution >= 0.6 is 0 Å². The lowest BCUT2D eigenvalue weighted by Crippen LogP contribution is -2.28. The smallest absolute Gasteiger partial charge is 0.259 e. The number of hydrogen-bond donors (Lipinski definition) is 0. The summed E-state index contributed by atoms with van der Waals surface area (Å²) in [5.74, 6) is 0.808. The maximum atomic E-state index is 12.1. The first-order chi connectivity index (χ1) is 9.76. The van der Waals surface area contributed by atoms with Crippen molar-refractivity contribution in [2.24, 2.45) is 0 Å². The molecule has 108 valence electrons. The first-order valence-corrected chi connectivity index (χ1v) is 7.49. The first kappa shape index (κ1) is 14.6. The fourth-order valence-electron chi connectivity index (χ4n) is 2.24. The summed E-state index contributed by atoms with van der Waals surface area (Å²) < 4.78 is 1.58. The first-order valence-electron chi connectivity index (χ1n) is 7.49. The zero-order valence-electron chi connectivity index (χ0n) is 12.4. The molecule has 0 saturated carbocycles. The average molecular weight is 273 g/mol. The highest BCUT2D eigenvalue weighted by Gasteiger charge is 2.09. The molecule has 0 spiro atoms. The summed E-state index contributed by atoms with van der Waals surface area (Å²) in [4.78, 5) is 19.0. The number of unbranched alkanes of at least 4 members (excludes halogenated alkanes) is 2. The summed E-state index contributed by atoms with van der Waals surface area (Å²) in [5.41, 5.74) is 0.705. The zero-order valence-corrected chi connectivity index (χ0v) is 12.4. The van der Waals surface area contributed by atoms with Gasteiger partial charge in [0.1, 0.15) is 11.5 Å². The molecule has 0 aliphatic heterocycles. The van der Waals surface area contributed by atoms with E-state index in [4.69, 9.17) is 0 Å². The maximum absolute atomic E-state index is 12.1. The monoisotopic (exact) mass is 273 g/mol. The molecule has 2 rings (SSSR count). The Balaban J connectivity index is 2.34. The Hall–Kier alpha value is -1.84. The largest absolute Gasteiger partial charge is 0.356 e. The Labute approximate surface area is 120 Å². The Morgan fingerprint density at radius 1 is 1.15 bits per heavy atom. The van der Waals surface area contributed by atoms with Crippen molar-refractivity contribution in [3.63, 3.8) is 0 Å². The van der Waals surface area contributed by atoms with Gasteiger partial charge in [0, 0.05) is 25.4 Å². The number of anilines is 1. The van der Waals surface area contributed by atoms with Crippen LogP contribution in [0.2, 0.25) is 0 Å². The van der Waals surface area contributed by atoms with Crippen LogP contribution < -0.4 is 10.5 Å². The van der Waals surface area contributed by atoms with Gasteiger partial charge in [-0.05, 0) is 25.0 Å². The van der Waals surface area contributed by atoms with E-state index in [2.05, 4.69) is 23.7 Å². The van der Waals surface area contributed by atoms with Crippen molar-refractivity contribution in [1.29, 1.82) is 0 Å². The molecule has 0 fully saturated rings. The minimum absolute atomic E-state index is 0.0106. The summed E-state index contributed by atoms with van der Waals surface area (Å²) in [7, 11) is 0. The van der Waals surface area contributed by atoms with Crippen molar-refractivity contribution in [3.05, 3.63) is 40.8 Å². The topological polar surface area (TPSA) is 37.6 Å². The molecule has 2 heterocycles. The summed E-state index contributed by atoms with van der Waals surface area (Å²) in [5, 5.41) is 0. The molecule has 0 bridgehead atoms. The third-order valence-corrected chi connectivity index (χ3v) is 3.44. The van der Waals surface area contributed by atoms with Crippen LogP contribution in [0.1, 0.15) is 39.5 Å². The Kier molecular flexibility index (Phi) is 5.16. The van der Waals surface area contributed by atoms with E-state index in [9.17, 15) is 4.79 Å². The highest BCUT2D eigenvalue weighted by Crippen LogP contribution is 2.12. The van der Waals surface area contributed by atoms with Gasteiger partial charge >= 0.3 is 0 Å². The number of fused-ring (bicyclic) bond motifs is 1. The molecular weight excluding hydrogens is 250 g/mol.